The van der Waals surface area contributed by atoms with Crippen LogP contribution in [0.3, 0.4) is 0 Å². The summed E-state index contributed by atoms with van der Waals surface area (Å²) in [5, 5.41) is 12.3. The Morgan fingerprint density at radius 3 is 2.90 bits per heavy atom. The van der Waals surface area contributed by atoms with Crippen LogP contribution >= 0.6 is 11.8 Å². The minimum atomic E-state index is -2.80. The number of hydrogen-bond donors (Lipinski definition) is 1. The number of pyridine rings is 1. The summed E-state index contributed by atoms with van der Waals surface area (Å²) in [5.41, 5.74) is 1.72. The third-order valence-electron chi connectivity index (χ3n) is 5.23. The van der Waals surface area contributed by atoms with Crippen molar-refractivity contribution in [2.24, 2.45) is 0 Å². The molecule has 8 nitrogen and oxygen atoms in total. The van der Waals surface area contributed by atoms with E-state index in [2.05, 4.69) is 21.1 Å². The Morgan fingerprint density at radius 1 is 1.35 bits per heavy atom. The number of anilines is 1. The van der Waals surface area contributed by atoms with Crippen molar-refractivity contribution in [1.29, 1.82) is 5.26 Å². The molecule has 0 bridgehead atoms. The molecule has 0 aliphatic carbocycles. The van der Waals surface area contributed by atoms with Crippen molar-refractivity contribution in [2.45, 2.75) is 18.8 Å². The van der Waals surface area contributed by atoms with Crippen molar-refractivity contribution >= 4 is 40.2 Å². The van der Waals surface area contributed by atoms with Gasteiger partial charge in [-0.25, -0.2) is 0 Å². The maximum atomic E-state index is 12.8. The van der Waals surface area contributed by atoms with Crippen LogP contribution in [0.15, 0.2) is 30.5 Å². The molecule has 0 radical (unpaired) electrons. The van der Waals surface area contributed by atoms with Gasteiger partial charge in [0.05, 0.1) is 35.7 Å². The smallest absolute Gasteiger partial charge is 0.345 e. The molecular weight excluding hydrogens is 428 g/mol. The number of nitriles is 1. The average Bonchev–Trinajstić information content (AvgIpc) is 3.22. The zero-order chi connectivity index (χ0) is 22.0. The van der Waals surface area contributed by atoms with Crippen LogP contribution in [-0.4, -0.2) is 71.7 Å². The number of nitrogens with one attached hydrogen (secondary N) is 1. The largest absolute Gasteiger partial charge is 0.366 e. The molecule has 2 aliphatic heterocycles. The third kappa shape index (κ3) is 4.55. The molecule has 4 rings (SSSR count). The topological polar surface area (TPSA) is 98.6 Å². The lowest BCUT2D eigenvalue weighted by Gasteiger charge is -2.40. The van der Waals surface area contributed by atoms with Gasteiger partial charge in [-0.3, -0.25) is 14.6 Å². The van der Waals surface area contributed by atoms with Crippen molar-refractivity contribution in [3.8, 4) is 6.07 Å². The highest BCUT2D eigenvalue weighted by Gasteiger charge is 2.31. The molecule has 2 fully saturated rings. The van der Waals surface area contributed by atoms with Crippen LogP contribution in [0, 0.1) is 11.3 Å². The molecular formula is C20H19F2N5O3S. The first-order valence-electron chi connectivity index (χ1n) is 9.58. The summed E-state index contributed by atoms with van der Waals surface area (Å²) in [5.74, 6) is 0.254. The number of amides is 2. The van der Waals surface area contributed by atoms with Gasteiger partial charge in [-0.05, 0) is 24.3 Å². The van der Waals surface area contributed by atoms with Gasteiger partial charge in [0.15, 0.2) is 0 Å². The number of rotatable bonds is 6. The number of nitrogens with zero attached hydrogens (tertiary/aromatic N) is 4. The van der Waals surface area contributed by atoms with E-state index in [0.717, 1.165) is 5.69 Å². The van der Waals surface area contributed by atoms with Gasteiger partial charge in [-0.2, -0.15) is 14.0 Å². The van der Waals surface area contributed by atoms with Crippen molar-refractivity contribution in [3.05, 3.63) is 36.0 Å². The van der Waals surface area contributed by atoms with E-state index in [9.17, 15) is 18.4 Å². The molecule has 1 N–H and O–H groups in total. The van der Waals surface area contributed by atoms with Crippen molar-refractivity contribution in [3.63, 3.8) is 0 Å². The van der Waals surface area contributed by atoms with E-state index in [1.54, 1.807) is 18.2 Å². The molecule has 31 heavy (non-hydrogen) atoms. The van der Waals surface area contributed by atoms with Gasteiger partial charge in [-0.1, -0.05) is 0 Å². The molecule has 1 atom stereocenters. The number of aromatic nitrogens is 1. The van der Waals surface area contributed by atoms with Crippen LogP contribution in [0.5, 0.6) is 0 Å². The van der Waals surface area contributed by atoms with Crippen LogP contribution < -0.4 is 10.2 Å². The van der Waals surface area contributed by atoms with Gasteiger partial charge in [0.2, 0.25) is 5.91 Å². The highest BCUT2D eigenvalue weighted by molar-refractivity contribution is 7.99. The number of alkyl halides is 2. The number of ether oxygens (including phenoxy) is 1. The van der Waals surface area contributed by atoms with Gasteiger partial charge in [0.25, 0.3) is 5.91 Å². The second-order valence-corrected chi connectivity index (χ2v) is 8.17. The van der Waals surface area contributed by atoms with Gasteiger partial charge in [0, 0.05) is 36.1 Å². The molecule has 0 spiro atoms. The van der Waals surface area contributed by atoms with E-state index in [1.165, 1.54) is 22.9 Å². The number of benzene rings is 1. The molecule has 0 unspecified atom stereocenters. The summed E-state index contributed by atoms with van der Waals surface area (Å²) < 4.78 is 29.1. The Balaban J connectivity index is 1.45. The predicted octanol–water partition coefficient (Wildman–Crippen LogP) is 1.82. The highest BCUT2D eigenvalue weighted by Crippen LogP contribution is 2.28. The third-order valence-corrected chi connectivity index (χ3v) is 6.24. The number of fused-ring (bicyclic) bond motifs is 1. The van der Waals surface area contributed by atoms with E-state index < -0.39 is 24.7 Å². The average molecular weight is 447 g/mol. The minimum Gasteiger partial charge on any atom is -0.366 e. The van der Waals surface area contributed by atoms with Crippen molar-refractivity contribution < 1.29 is 23.1 Å². The van der Waals surface area contributed by atoms with Crippen LogP contribution in [0.2, 0.25) is 0 Å². The summed E-state index contributed by atoms with van der Waals surface area (Å²) >= 11 is 1.50. The highest BCUT2D eigenvalue weighted by atomic mass is 32.2. The van der Waals surface area contributed by atoms with Crippen LogP contribution in [-0.2, 0) is 9.53 Å². The van der Waals surface area contributed by atoms with Crippen LogP contribution in [0.1, 0.15) is 10.4 Å². The van der Waals surface area contributed by atoms with E-state index in [1.807, 2.05) is 11.0 Å². The first kappa shape index (κ1) is 21.3. The van der Waals surface area contributed by atoms with E-state index in [-0.39, 0.29) is 12.5 Å². The SMILES string of the molecule is N#C[C@@H]1CSCN1C(=O)CNC(=O)c1ccnc2ccc(N3CC(OC(F)F)C3)cc12. The lowest BCUT2D eigenvalue weighted by Crippen LogP contribution is -2.52. The maximum absolute atomic E-state index is 12.8. The number of hydrogen-bond acceptors (Lipinski definition) is 7. The Kier molecular flexibility index (Phi) is 6.20. The molecule has 0 saturated carbocycles. The van der Waals surface area contributed by atoms with Crippen LogP contribution in [0.25, 0.3) is 10.9 Å². The van der Waals surface area contributed by atoms with E-state index in [0.29, 0.717) is 41.2 Å². The summed E-state index contributed by atoms with van der Waals surface area (Å²) in [6, 6.07) is 8.52. The lowest BCUT2D eigenvalue weighted by molar-refractivity contribution is -0.167. The van der Waals surface area contributed by atoms with E-state index >= 15 is 0 Å². The number of thioether (sulfide) groups is 1. The molecule has 2 amide bonds. The van der Waals surface area contributed by atoms with Gasteiger partial charge in [-0.15, -0.1) is 11.8 Å². The Bertz CT molecular complexity index is 1040. The zero-order valence-electron chi connectivity index (χ0n) is 16.3. The number of carbonyl (C=O) groups excluding carboxylic acids is 2. The Morgan fingerprint density at radius 2 is 2.16 bits per heavy atom. The van der Waals surface area contributed by atoms with Crippen molar-refractivity contribution in [1.82, 2.24) is 15.2 Å². The van der Waals surface area contributed by atoms with Gasteiger partial charge < -0.3 is 19.9 Å². The van der Waals surface area contributed by atoms with Gasteiger partial charge >= 0.3 is 6.61 Å². The molecule has 2 aromatic rings. The fourth-order valence-electron chi connectivity index (χ4n) is 3.56. The molecule has 2 aliphatic rings. The fourth-order valence-corrected chi connectivity index (χ4v) is 4.66. The predicted molar refractivity (Wildman–Crippen MR) is 111 cm³/mol. The monoisotopic (exact) mass is 447 g/mol. The zero-order valence-corrected chi connectivity index (χ0v) is 17.1. The second kappa shape index (κ2) is 9.03. The van der Waals surface area contributed by atoms with Crippen molar-refractivity contribution in [2.75, 3.05) is 36.2 Å². The first-order chi connectivity index (χ1) is 15.0. The molecule has 162 valence electrons. The van der Waals surface area contributed by atoms with E-state index in [4.69, 9.17) is 5.26 Å². The summed E-state index contributed by atoms with van der Waals surface area (Å²) in [7, 11) is 0. The number of carbonyl (C=O) groups is 2. The first-order valence-corrected chi connectivity index (χ1v) is 10.7. The fraction of sp³-hybridized carbons (Fsp3) is 0.400. The summed E-state index contributed by atoms with van der Waals surface area (Å²) in [6.45, 7) is -2.34. The van der Waals surface area contributed by atoms with Crippen LogP contribution in [0.4, 0.5) is 14.5 Å². The molecule has 11 heteroatoms. The lowest BCUT2D eigenvalue weighted by atomic mass is 10.0. The summed E-state index contributed by atoms with van der Waals surface area (Å²) in [4.78, 5) is 32.7. The quantitative estimate of drug-likeness (QED) is 0.721. The molecule has 1 aromatic carbocycles. The standard InChI is InChI=1S/C20H19F2N5O3S/c21-20(22)30-14-8-26(9-14)12-1-2-17-16(5-12)15(3-4-24-17)19(29)25-7-18(28)27-11-31-10-13(27)6-23/h1-5,13-14,20H,7-11H2,(H,25,29)/t13-/m1/s1. The Labute approximate surface area is 181 Å². The van der Waals surface area contributed by atoms with Gasteiger partial charge in [0.1, 0.15) is 6.04 Å². The normalized spacial score (nSPS) is 18.8. The number of halogens is 2. The molecule has 1 aromatic heterocycles. The molecule has 3 heterocycles. The summed E-state index contributed by atoms with van der Waals surface area (Å²) in [6.07, 6.45) is 0.983. The maximum Gasteiger partial charge on any atom is 0.345 e. The Hall–Kier alpha value is -2.97. The molecule has 2 saturated heterocycles. The second-order valence-electron chi connectivity index (χ2n) is 7.17. The minimum absolute atomic E-state index is 0.208.